The van der Waals surface area contributed by atoms with Gasteiger partial charge in [0.1, 0.15) is 28.7 Å². The molecule has 0 atom stereocenters. The fourth-order valence-corrected chi connectivity index (χ4v) is 9.71. The van der Waals surface area contributed by atoms with E-state index in [0.29, 0.717) is 67.1 Å². The number of fused-ring (bicyclic) bond motifs is 8. The Hall–Kier alpha value is -6.34. The van der Waals surface area contributed by atoms with Gasteiger partial charge in [-0.2, -0.15) is 0 Å². The van der Waals surface area contributed by atoms with Crippen molar-refractivity contribution in [2.24, 2.45) is 0 Å². The number of carbonyl (C=O) groups is 2. The van der Waals surface area contributed by atoms with Crippen molar-refractivity contribution < 1.29 is 34.4 Å². The normalized spacial score (nSPS) is 14.7. The van der Waals surface area contributed by atoms with Gasteiger partial charge in [-0.15, -0.1) is 0 Å². The zero-order valence-electron chi connectivity index (χ0n) is 44.1. The van der Waals surface area contributed by atoms with Crippen molar-refractivity contribution in [1.82, 2.24) is 0 Å². The maximum atomic E-state index is 15.0. The van der Waals surface area contributed by atoms with Gasteiger partial charge in [-0.3, -0.25) is 0 Å². The number of aromatic hydroxyl groups is 3. The first-order valence-corrected chi connectivity index (χ1v) is 24.8. The van der Waals surface area contributed by atoms with Crippen molar-refractivity contribution in [2.75, 3.05) is 0 Å². The molecule has 8 rings (SSSR count). The number of phenols is 3. The van der Waals surface area contributed by atoms with Crippen LogP contribution in [0.1, 0.15) is 208 Å². The average molecular weight is 941 g/mol. The van der Waals surface area contributed by atoms with E-state index in [1.165, 1.54) is 0 Å². The summed E-state index contributed by atoms with van der Waals surface area (Å²) in [5.41, 5.74) is 9.85. The molecule has 2 aliphatic rings. The van der Waals surface area contributed by atoms with Crippen molar-refractivity contribution >= 4 is 11.9 Å². The van der Waals surface area contributed by atoms with Crippen molar-refractivity contribution in [2.45, 2.75) is 163 Å². The maximum Gasteiger partial charge on any atom is 0.344 e. The van der Waals surface area contributed by atoms with E-state index in [-0.39, 0.29) is 87.6 Å². The second kappa shape index (κ2) is 17.5. The molecule has 2 heterocycles. The van der Waals surface area contributed by atoms with Gasteiger partial charge < -0.3 is 24.8 Å². The molecule has 2 aliphatic heterocycles. The summed E-state index contributed by atoms with van der Waals surface area (Å²) < 4.78 is 13.3. The van der Waals surface area contributed by atoms with Crippen LogP contribution in [0.3, 0.4) is 0 Å². The highest BCUT2D eigenvalue weighted by Crippen LogP contribution is 2.45. The Balaban J connectivity index is 1.59. The molecular weight excluding hydrogens is 869 g/mol. The molecule has 0 spiro atoms. The van der Waals surface area contributed by atoms with E-state index < -0.39 is 11.9 Å². The van der Waals surface area contributed by atoms with E-state index in [0.717, 1.165) is 27.8 Å². The van der Waals surface area contributed by atoms with Gasteiger partial charge in [-0.05, 0) is 100 Å². The summed E-state index contributed by atoms with van der Waals surface area (Å²) in [4.78, 5) is 30.0. The monoisotopic (exact) mass is 941 g/mol. The Morgan fingerprint density at radius 1 is 0.329 bits per heavy atom. The summed E-state index contributed by atoms with van der Waals surface area (Å²) in [6.45, 7) is 32.1. The van der Waals surface area contributed by atoms with Gasteiger partial charge in [0.05, 0.1) is 11.1 Å². The number of carbonyl (C=O) groups excluding carboxylic acids is 2. The van der Waals surface area contributed by atoms with Crippen LogP contribution < -0.4 is 9.47 Å². The Bertz CT molecular complexity index is 2900. The van der Waals surface area contributed by atoms with E-state index in [1.54, 1.807) is 24.3 Å². The molecule has 0 aliphatic carbocycles. The third-order valence-electron chi connectivity index (χ3n) is 14.3. The maximum absolute atomic E-state index is 15.0. The van der Waals surface area contributed by atoms with Gasteiger partial charge in [0.15, 0.2) is 0 Å². The molecule has 6 aromatic carbocycles. The lowest BCUT2D eigenvalue weighted by Gasteiger charge is -2.27. The van der Waals surface area contributed by atoms with Gasteiger partial charge in [0.2, 0.25) is 0 Å². The lowest BCUT2D eigenvalue weighted by atomic mass is 9.79. The van der Waals surface area contributed by atoms with Crippen LogP contribution in [0.5, 0.6) is 28.7 Å². The predicted molar refractivity (Wildman–Crippen MR) is 281 cm³/mol. The summed E-state index contributed by atoms with van der Waals surface area (Å²) in [7, 11) is 0. The van der Waals surface area contributed by atoms with Crippen LogP contribution in [0.4, 0.5) is 0 Å². The van der Waals surface area contributed by atoms with Crippen molar-refractivity contribution in [3.8, 4) is 28.7 Å². The summed E-state index contributed by atoms with van der Waals surface area (Å²) >= 11 is 0. The minimum Gasteiger partial charge on any atom is -0.507 e. The molecule has 366 valence electrons. The molecule has 0 aromatic heterocycles. The van der Waals surface area contributed by atoms with E-state index in [4.69, 9.17) is 9.47 Å². The zero-order valence-corrected chi connectivity index (χ0v) is 44.1. The molecule has 0 saturated heterocycles. The molecule has 3 N–H and O–H groups in total. The minimum atomic E-state index is -0.743. The number of hydrogen-bond donors (Lipinski definition) is 3. The van der Waals surface area contributed by atoms with E-state index in [1.807, 2.05) is 24.3 Å². The predicted octanol–water partition coefficient (Wildman–Crippen LogP) is 14.3. The van der Waals surface area contributed by atoms with E-state index in [2.05, 4.69) is 140 Å². The Morgan fingerprint density at radius 3 is 0.714 bits per heavy atom. The second-order valence-corrected chi connectivity index (χ2v) is 25.1. The molecular formula is C63H72O7. The fraction of sp³-hybridized carbons (Fsp3) is 0.397. The Labute approximate surface area is 415 Å². The molecule has 0 radical (unpaired) electrons. The molecule has 0 amide bonds. The first-order chi connectivity index (χ1) is 32.4. The number of benzene rings is 6. The van der Waals surface area contributed by atoms with Gasteiger partial charge in [-0.1, -0.05) is 177 Å². The highest BCUT2D eigenvalue weighted by molar-refractivity contribution is 6.04. The highest BCUT2D eigenvalue weighted by Gasteiger charge is 2.32. The molecule has 7 nitrogen and oxygen atoms in total. The molecule has 6 aromatic rings. The third-order valence-corrected chi connectivity index (χ3v) is 14.3. The number of esters is 2. The van der Waals surface area contributed by atoms with Gasteiger partial charge in [0, 0.05) is 54.4 Å². The molecule has 0 fully saturated rings. The summed E-state index contributed by atoms with van der Waals surface area (Å²) in [5.74, 6) is -0.619. The minimum absolute atomic E-state index is 0.0324. The van der Waals surface area contributed by atoms with Crippen LogP contribution >= 0.6 is 0 Å². The first kappa shape index (κ1) is 50.1. The third kappa shape index (κ3) is 10.00. The summed E-state index contributed by atoms with van der Waals surface area (Å²) in [6.07, 6.45) is 1.01. The molecule has 0 saturated carbocycles. The molecule has 8 bridgehead atoms. The second-order valence-electron chi connectivity index (χ2n) is 25.1. The summed E-state index contributed by atoms with van der Waals surface area (Å²) in [5, 5.41) is 38.0. The fourth-order valence-electron chi connectivity index (χ4n) is 9.71. The van der Waals surface area contributed by atoms with Crippen LogP contribution in [-0.2, 0) is 59.2 Å². The molecule has 0 unspecified atom stereocenters. The SMILES string of the molecule is CC(C)(C)c1cc2c(O)c(c1)Cc1cc(C(C)(C)C)cc3c1OC(=O)c1ccccc1C(=O)Oc1c(cc(C(C)(C)C)cc1Cc1cc(C(C)(C)C)cc(c1O)C3)Cc1cc(C(C)(C)C)cc(c1O)C2. The van der Waals surface area contributed by atoms with Crippen LogP contribution in [0.2, 0.25) is 0 Å². The topological polar surface area (TPSA) is 113 Å². The van der Waals surface area contributed by atoms with Crippen LogP contribution in [0, 0.1) is 0 Å². The zero-order chi connectivity index (χ0) is 51.2. The molecule has 7 heteroatoms. The van der Waals surface area contributed by atoms with Gasteiger partial charge in [0.25, 0.3) is 0 Å². The Morgan fingerprint density at radius 2 is 0.514 bits per heavy atom. The van der Waals surface area contributed by atoms with E-state index >= 15 is 0 Å². The van der Waals surface area contributed by atoms with Crippen LogP contribution in [0.15, 0.2) is 84.9 Å². The van der Waals surface area contributed by atoms with Crippen molar-refractivity contribution in [3.63, 3.8) is 0 Å². The van der Waals surface area contributed by atoms with Crippen molar-refractivity contribution in [1.29, 1.82) is 0 Å². The quantitative estimate of drug-likeness (QED) is 0.103. The smallest absolute Gasteiger partial charge is 0.344 e. The average Bonchev–Trinajstić information content (AvgIpc) is 3.24. The standard InChI is InChI=1S/C63H72O7/c1-59(2,3)45-25-35-20-36-26-46(60(4,5)6)28-38(53(36)65)22-42-32-49(63(13,14)15)34-44-24-40-30-47(61(7,8)9)29-39(54(40)66)23-43-33-48(62(10,11)12)31-41(21-37(27-45)52(35)64)55(43)69-57(67)50-18-16-17-19-51(50)58(68)70-56(42)44/h16-19,25-34,64-66H,20-24H2,1-15H3. The van der Waals surface area contributed by atoms with Gasteiger partial charge >= 0.3 is 11.9 Å². The Kier molecular flexibility index (Phi) is 12.5. The number of ether oxygens (including phenoxy) is 2. The number of phenolic OH excluding ortho intramolecular Hbond substituents is 3. The first-order valence-electron chi connectivity index (χ1n) is 24.8. The highest BCUT2D eigenvalue weighted by atomic mass is 16.5. The van der Waals surface area contributed by atoms with Crippen molar-refractivity contribution in [3.05, 3.63) is 180 Å². The number of rotatable bonds is 0. The lowest BCUT2D eigenvalue weighted by Crippen LogP contribution is -2.20. The van der Waals surface area contributed by atoms with Crippen LogP contribution in [-0.4, -0.2) is 27.3 Å². The molecule has 70 heavy (non-hydrogen) atoms. The van der Waals surface area contributed by atoms with E-state index in [9.17, 15) is 24.9 Å². The lowest BCUT2D eigenvalue weighted by molar-refractivity contribution is 0.0689. The summed E-state index contributed by atoms with van der Waals surface area (Å²) in [6, 6.07) is 27.1. The largest absolute Gasteiger partial charge is 0.507 e. The van der Waals surface area contributed by atoms with Gasteiger partial charge in [-0.25, -0.2) is 9.59 Å². The van der Waals surface area contributed by atoms with Crippen LogP contribution in [0.25, 0.3) is 0 Å². The number of hydrogen-bond acceptors (Lipinski definition) is 7.